The fourth-order valence-corrected chi connectivity index (χ4v) is 2.35. The zero-order valence-electron chi connectivity index (χ0n) is 13.2. The predicted octanol–water partition coefficient (Wildman–Crippen LogP) is 4.85. The van der Waals surface area contributed by atoms with Crippen LogP contribution in [0.4, 0.5) is 5.69 Å². The van der Waals surface area contributed by atoms with Crippen molar-refractivity contribution in [3.05, 3.63) is 29.3 Å². The lowest BCUT2D eigenvalue weighted by Crippen LogP contribution is -2.14. The molecule has 1 rings (SSSR count). The Bertz CT molecular complexity index is 385. The third-order valence-electron chi connectivity index (χ3n) is 3.45. The van der Waals surface area contributed by atoms with Gasteiger partial charge in [-0.1, -0.05) is 46.8 Å². The first-order valence-electron chi connectivity index (χ1n) is 7.04. The maximum Gasteiger partial charge on any atom is 0.0396 e. The molecule has 1 unspecified atom stereocenters. The van der Waals surface area contributed by atoms with Crippen molar-refractivity contribution in [2.45, 2.75) is 53.4 Å². The van der Waals surface area contributed by atoms with E-state index in [0.717, 1.165) is 6.42 Å². The molecule has 0 aliphatic rings. The quantitative estimate of drug-likeness (QED) is 0.735. The zero-order valence-corrected chi connectivity index (χ0v) is 13.2. The summed E-state index contributed by atoms with van der Waals surface area (Å²) < 4.78 is 0. The zero-order chi connectivity index (χ0) is 13.9. The molecule has 1 nitrogen and oxygen atoms in total. The molecule has 0 aliphatic carbocycles. The number of rotatable bonds is 4. The Balaban J connectivity index is 3.13. The molecule has 0 N–H and O–H groups in total. The summed E-state index contributed by atoms with van der Waals surface area (Å²) >= 11 is 0. The van der Waals surface area contributed by atoms with Gasteiger partial charge in [0.1, 0.15) is 0 Å². The summed E-state index contributed by atoms with van der Waals surface area (Å²) in [6.07, 6.45) is 2.34. The van der Waals surface area contributed by atoms with Crippen molar-refractivity contribution in [3.63, 3.8) is 0 Å². The Labute approximate surface area is 113 Å². The predicted molar refractivity (Wildman–Crippen MR) is 82.6 cm³/mol. The number of benzene rings is 1. The van der Waals surface area contributed by atoms with Gasteiger partial charge in [-0.2, -0.15) is 0 Å². The van der Waals surface area contributed by atoms with E-state index in [1.165, 1.54) is 23.2 Å². The molecule has 1 aromatic rings. The van der Waals surface area contributed by atoms with E-state index in [1.807, 2.05) is 0 Å². The first kappa shape index (κ1) is 15.1. The smallest absolute Gasteiger partial charge is 0.0396 e. The molecule has 0 heterocycles. The van der Waals surface area contributed by atoms with E-state index in [1.54, 1.807) is 0 Å². The average molecular weight is 247 g/mol. The molecule has 1 atom stereocenters. The van der Waals surface area contributed by atoms with Crippen LogP contribution in [0.25, 0.3) is 0 Å². The number of nitrogens with zero attached hydrogens (tertiary/aromatic N) is 1. The molecule has 0 fully saturated rings. The maximum absolute atomic E-state index is 2.41. The minimum atomic E-state index is 0.354. The fraction of sp³-hybridized carbons (Fsp3) is 0.647. The van der Waals surface area contributed by atoms with Crippen LogP contribution in [0.1, 0.15) is 58.1 Å². The summed E-state index contributed by atoms with van der Waals surface area (Å²) in [5.41, 5.74) is 4.67. The van der Waals surface area contributed by atoms with Gasteiger partial charge in [0.15, 0.2) is 0 Å². The third-order valence-corrected chi connectivity index (χ3v) is 3.45. The molecule has 1 heteroatoms. The van der Waals surface area contributed by atoms with Crippen LogP contribution in [0, 0.1) is 5.41 Å². The SMILES string of the molecule is CCC(C)c1cc(CC(C)(C)C)ccc1N(C)C. The summed E-state index contributed by atoms with van der Waals surface area (Å²) in [6.45, 7) is 11.5. The second-order valence-electron chi connectivity index (χ2n) is 6.83. The number of hydrogen-bond acceptors (Lipinski definition) is 1. The van der Waals surface area contributed by atoms with Crippen LogP contribution in [-0.4, -0.2) is 14.1 Å². The van der Waals surface area contributed by atoms with Crippen LogP contribution in [0.2, 0.25) is 0 Å². The lowest BCUT2D eigenvalue weighted by atomic mass is 9.86. The van der Waals surface area contributed by atoms with Crippen molar-refractivity contribution >= 4 is 5.69 Å². The molecule has 18 heavy (non-hydrogen) atoms. The number of anilines is 1. The minimum absolute atomic E-state index is 0.354. The minimum Gasteiger partial charge on any atom is -0.377 e. The first-order valence-corrected chi connectivity index (χ1v) is 7.04. The van der Waals surface area contributed by atoms with E-state index in [0.29, 0.717) is 11.3 Å². The first-order chi connectivity index (χ1) is 8.24. The standard InChI is InChI=1S/C17H29N/c1-8-13(2)15-11-14(12-17(3,4)5)9-10-16(15)18(6)7/h9-11,13H,8,12H2,1-7H3. The van der Waals surface area contributed by atoms with Gasteiger partial charge in [0, 0.05) is 19.8 Å². The highest BCUT2D eigenvalue weighted by Gasteiger charge is 2.15. The molecule has 0 radical (unpaired) electrons. The van der Waals surface area contributed by atoms with Gasteiger partial charge in [-0.15, -0.1) is 0 Å². The summed E-state index contributed by atoms with van der Waals surface area (Å²) in [4.78, 5) is 2.22. The Kier molecular flexibility index (Phi) is 4.84. The maximum atomic E-state index is 2.41. The summed E-state index contributed by atoms with van der Waals surface area (Å²) in [6, 6.07) is 6.98. The van der Waals surface area contributed by atoms with Crippen LogP contribution >= 0.6 is 0 Å². The van der Waals surface area contributed by atoms with Gasteiger partial charge in [0.05, 0.1) is 0 Å². The molecular formula is C17H29N. The van der Waals surface area contributed by atoms with E-state index < -0.39 is 0 Å². The van der Waals surface area contributed by atoms with Crippen LogP contribution in [-0.2, 0) is 6.42 Å². The van der Waals surface area contributed by atoms with Crippen LogP contribution in [0.15, 0.2) is 18.2 Å². The van der Waals surface area contributed by atoms with Crippen molar-refractivity contribution in [2.75, 3.05) is 19.0 Å². The molecule has 102 valence electrons. The van der Waals surface area contributed by atoms with E-state index >= 15 is 0 Å². The lowest BCUT2D eigenvalue weighted by Gasteiger charge is -2.24. The number of hydrogen-bond donors (Lipinski definition) is 0. The molecule has 0 spiro atoms. The Morgan fingerprint density at radius 2 is 1.78 bits per heavy atom. The van der Waals surface area contributed by atoms with Crippen molar-refractivity contribution in [3.8, 4) is 0 Å². The van der Waals surface area contributed by atoms with Gasteiger partial charge >= 0.3 is 0 Å². The highest BCUT2D eigenvalue weighted by molar-refractivity contribution is 5.55. The van der Waals surface area contributed by atoms with Crippen LogP contribution < -0.4 is 4.90 Å². The summed E-state index contributed by atoms with van der Waals surface area (Å²) in [5, 5.41) is 0. The summed E-state index contributed by atoms with van der Waals surface area (Å²) in [5.74, 6) is 0.627. The molecule has 0 aromatic heterocycles. The second kappa shape index (κ2) is 5.77. The Morgan fingerprint density at radius 3 is 2.22 bits per heavy atom. The largest absolute Gasteiger partial charge is 0.377 e. The van der Waals surface area contributed by atoms with Gasteiger partial charge in [-0.25, -0.2) is 0 Å². The van der Waals surface area contributed by atoms with Gasteiger partial charge in [0.25, 0.3) is 0 Å². The molecule has 0 amide bonds. The van der Waals surface area contributed by atoms with E-state index in [2.05, 4.69) is 71.8 Å². The van der Waals surface area contributed by atoms with Crippen molar-refractivity contribution in [1.29, 1.82) is 0 Å². The molecule has 0 saturated carbocycles. The van der Waals surface area contributed by atoms with E-state index in [-0.39, 0.29) is 0 Å². The highest BCUT2D eigenvalue weighted by atomic mass is 15.1. The Morgan fingerprint density at radius 1 is 1.17 bits per heavy atom. The molecule has 0 aliphatic heterocycles. The van der Waals surface area contributed by atoms with Crippen molar-refractivity contribution in [2.24, 2.45) is 5.41 Å². The van der Waals surface area contributed by atoms with Crippen molar-refractivity contribution < 1.29 is 0 Å². The molecule has 0 bridgehead atoms. The van der Waals surface area contributed by atoms with E-state index in [9.17, 15) is 0 Å². The lowest BCUT2D eigenvalue weighted by molar-refractivity contribution is 0.411. The summed E-state index contributed by atoms with van der Waals surface area (Å²) in [7, 11) is 4.26. The van der Waals surface area contributed by atoms with Gasteiger partial charge in [-0.3, -0.25) is 0 Å². The van der Waals surface area contributed by atoms with Gasteiger partial charge in [-0.05, 0) is 41.4 Å². The highest BCUT2D eigenvalue weighted by Crippen LogP contribution is 2.31. The average Bonchev–Trinajstić information content (AvgIpc) is 2.25. The van der Waals surface area contributed by atoms with Crippen LogP contribution in [0.3, 0.4) is 0 Å². The Hall–Kier alpha value is -0.980. The van der Waals surface area contributed by atoms with Gasteiger partial charge in [0.2, 0.25) is 0 Å². The van der Waals surface area contributed by atoms with Gasteiger partial charge < -0.3 is 4.90 Å². The molecular weight excluding hydrogens is 218 g/mol. The normalized spacial score (nSPS) is 13.5. The fourth-order valence-electron chi connectivity index (χ4n) is 2.35. The monoisotopic (exact) mass is 247 g/mol. The molecule has 0 saturated heterocycles. The third kappa shape index (κ3) is 4.04. The molecule has 1 aromatic carbocycles. The van der Waals surface area contributed by atoms with E-state index in [4.69, 9.17) is 0 Å². The van der Waals surface area contributed by atoms with Crippen LogP contribution in [0.5, 0.6) is 0 Å². The van der Waals surface area contributed by atoms with Crippen molar-refractivity contribution in [1.82, 2.24) is 0 Å². The topological polar surface area (TPSA) is 3.24 Å². The second-order valence-corrected chi connectivity index (χ2v) is 6.83.